The summed E-state index contributed by atoms with van der Waals surface area (Å²) in [5.41, 5.74) is 0. The number of carboxylic acid groups (broad SMARTS) is 1. The Bertz CT molecular complexity index is 360. The highest BCUT2D eigenvalue weighted by molar-refractivity contribution is 5.97. The molecule has 1 saturated carbocycles. The zero-order valence-corrected chi connectivity index (χ0v) is 7.23. The van der Waals surface area contributed by atoms with E-state index in [1.807, 2.05) is 0 Å². The number of nitrogens with zero attached hydrogens (tertiary/aromatic N) is 1. The molecule has 0 radical (unpaired) electrons. The maximum absolute atomic E-state index is 11.4. The van der Waals surface area contributed by atoms with Crippen LogP contribution in [0.1, 0.15) is 6.42 Å². The number of hydrogen-bond donors (Lipinski definition) is 3. The average molecular weight is 195 g/mol. The largest absolute Gasteiger partial charge is 0.481 e. The zero-order valence-electron chi connectivity index (χ0n) is 7.23. The molecule has 6 heteroatoms. The maximum Gasteiger partial charge on any atom is 0.307 e. The Morgan fingerprint density at radius 1 is 1.57 bits per heavy atom. The van der Waals surface area contributed by atoms with Crippen LogP contribution in [0.4, 0.5) is 5.82 Å². The number of aromatic amines is 1. The van der Waals surface area contributed by atoms with Crippen molar-refractivity contribution in [2.75, 3.05) is 5.32 Å². The van der Waals surface area contributed by atoms with Gasteiger partial charge in [-0.1, -0.05) is 0 Å². The highest BCUT2D eigenvalue weighted by Crippen LogP contribution is 2.39. The molecule has 2 rings (SSSR count). The molecule has 74 valence electrons. The van der Waals surface area contributed by atoms with Crippen LogP contribution in [0.2, 0.25) is 0 Å². The molecule has 0 spiro atoms. The van der Waals surface area contributed by atoms with Crippen LogP contribution >= 0.6 is 0 Å². The van der Waals surface area contributed by atoms with E-state index in [4.69, 9.17) is 5.11 Å². The van der Waals surface area contributed by atoms with Gasteiger partial charge in [-0.2, -0.15) is 5.10 Å². The lowest BCUT2D eigenvalue weighted by Crippen LogP contribution is -2.16. The van der Waals surface area contributed by atoms with E-state index in [9.17, 15) is 9.59 Å². The molecule has 14 heavy (non-hydrogen) atoms. The molecule has 3 N–H and O–H groups in total. The first-order valence-corrected chi connectivity index (χ1v) is 4.21. The maximum atomic E-state index is 11.4. The van der Waals surface area contributed by atoms with Crippen molar-refractivity contribution in [3.05, 3.63) is 12.3 Å². The Morgan fingerprint density at radius 3 is 2.86 bits per heavy atom. The van der Waals surface area contributed by atoms with E-state index < -0.39 is 17.8 Å². The number of rotatable bonds is 3. The van der Waals surface area contributed by atoms with E-state index in [0.29, 0.717) is 12.2 Å². The van der Waals surface area contributed by atoms with E-state index in [-0.39, 0.29) is 5.91 Å². The lowest BCUT2D eigenvalue weighted by Gasteiger charge is -1.99. The second-order valence-electron chi connectivity index (χ2n) is 3.25. The van der Waals surface area contributed by atoms with Crippen LogP contribution in [0.15, 0.2) is 12.3 Å². The molecule has 0 aromatic carbocycles. The Kier molecular flexibility index (Phi) is 1.95. The lowest BCUT2D eigenvalue weighted by atomic mass is 10.3. The summed E-state index contributed by atoms with van der Waals surface area (Å²) in [6, 6.07) is 1.61. The van der Waals surface area contributed by atoms with Crippen molar-refractivity contribution >= 4 is 17.7 Å². The molecule has 1 aromatic rings. The van der Waals surface area contributed by atoms with Gasteiger partial charge in [0, 0.05) is 6.07 Å². The second-order valence-corrected chi connectivity index (χ2v) is 3.25. The fourth-order valence-corrected chi connectivity index (χ4v) is 1.31. The van der Waals surface area contributed by atoms with Crippen molar-refractivity contribution < 1.29 is 14.7 Å². The molecule has 6 nitrogen and oxygen atoms in total. The number of carbonyl (C=O) groups excluding carboxylic acids is 1. The van der Waals surface area contributed by atoms with Gasteiger partial charge in [0.25, 0.3) is 0 Å². The van der Waals surface area contributed by atoms with Crippen molar-refractivity contribution in [1.29, 1.82) is 0 Å². The Hall–Kier alpha value is -1.85. The van der Waals surface area contributed by atoms with Crippen LogP contribution in [-0.4, -0.2) is 27.2 Å². The molecular formula is C8H9N3O3. The van der Waals surface area contributed by atoms with Crippen LogP contribution in [0.25, 0.3) is 0 Å². The predicted molar refractivity (Wildman–Crippen MR) is 46.5 cm³/mol. The number of aromatic nitrogens is 2. The molecule has 1 aliphatic carbocycles. The third-order valence-electron chi connectivity index (χ3n) is 2.20. The molecule has 0 aliphatic heterocycles. The fourth-order valence-electron chi connectivity index (χ4n) is 1.31. The minimum absolute atomic E-state index is 0.262. The van der Waals surface area contributed by atoms with Crippen LogP contribution in [0.5, 0.6) is 0 Å². The summed E-state index contributed by atoms with van der Waals surface area (Å²) < 4.78 is 0. The Morgan fingerprint density at radius 2 is 2.36 bits per heavy atom. The highest BCUT2D eigenvalue weighted by Gasteiger charge is 2.48. The van der Waals surface area contributed by atoms with Gasteiger partial charge in [-0.25, -0.2) is 0 Å². The van der Waals surface area contributed by atoms with Crippen molar-refractivity contribution in [3.8, 4) is 0 Å². The summed E-state index contributed by atoms with van der Waals surface area (Å²) >= 11 is 0. The first kappa shape index (κ1) is 8.74. The minimum Gasteiger partial charge on any atom is -0.481 e. The SMILES string of the molecule is O=C(O)[C@H]1C[C@H]1C(=O)Nc1ccn[nH]1. The number of amides is 1. The third-order valence-corrected chi connectivity index (χ3v) is 2.20. The number of H-pyrrole nitrogens is 1. The summed E-state index contributed by atoms with van der Waals surface area (Å²) in [6.07, 6.45) is 1.94. The average Bonchev–Trinajstić information content (AvgIpc) is 2.80. The molecule has 2 atom stereocenters. The number of anilines is 1. The topological polar surface area (TPSA) is 95.1 Å². The van der Waals surface area contributed by atoms with Gasteiger partial charge in [0.2, 0.25) is 5.91 Å². The number of aliphatic carboxylic acids is 1. The van der Waals surface area contributed by atoms with Crippen LogP contribution in [0.3, 0.4) is 0 Å². The summed E-state index contributed by atoms with van der Waals surface area (Å²) in [7, 11) is 0. The molecule has 1 aliphatic rings. The first-order valence-electron chi connectivity index (χ1n) is 4.21. The quantitative estimate of drug-likeness (QED) is 0.636. The van der Waals surface area contributed by atoms with E-state index in [0.717, 1.165) is 0 Å². The van der Waals surface area contributed by atoms with Gasteiger partial charge < -0.3 is 10.4 Å². The molecule has 1 fully saturated rings. The van der Waals surface area contributed by atoms with Gasteiger partial charge in [-0.3, -0.25) is 14.7 Å². The molecule has 0 unspecified atom stereocenters. The summed E-state index contributed by atoms with van der Waals surface area (Å²) in [4.78, 5) is 21.8. The Labute approximate surface area is 79.3 Å². The van der Waals surface area contributed by atoms with Crippen molar-refractivity contribution in [2.45, 2.75) is 6.42 Å². The standard InChI is InChI=1S/C8H9N3O3/c12-7(4-3-5(4)8(13)14)10-6-1-2-9-11-6/h1-2,4-5H,3H2,(H,13,14)(H2,9,10,11,12)/t4-,5+/m1/s1. The molecular weight excluding hydrogens is 186 g/mol. The van der Waals surface area contributed by atoms with Crippen LogP contribution in [0, 0.1) is 11.8 Å². The van der Waals surface area contributed by atoms with Gasteiger partial charge in [0.1, 0.15) is 5.82 Å². The number of carboxylic acids is 1. The lowest BCUT2D eigenvalue weighted by molar-refractivity contribution is -0.139. The molecule has 0 saturated heterocycles. The molecule has 1 amide bonds. The van der Waals surface area contributed by atoms with E-state index in [2.05, 4.69) is 15.5 Å². The molecule has 0 bridgehead atoms. The van der Waals surface area contributed by atoms with Gasteiger partial charge >= 0.3 is 5.97 Å². The summed E-state index contributed by atoms with van der Waals surface area (Å²) in [5, 5.41) is 17.4. The van der Waals surface area contributed by atoms with Crippen molar-refractivity contribution in [1.82, 2.24) is 10.2 Å². The van der Waals surface area contributed by atoms with Gasteiger partial charge in [-0.05, 0) is 6.42 Å². The predicted octanol–water partition coefficient (Wildman–Crippen LogP) is 0.0689. The number of hydrogen-bond acceptors (Lipinski definition) is 3. The second kappa shape index (κ2) is 3.13. The van der Waals surface area contributed by atoms with Gasteiger partial charge in [-0.15, -0.1) is 0 Å². The highest BCUT2D eigenvalue weighted by atomic mass is 16.4. The van der Waals surface area contributed by atoms with Gasteiger partial charge in [0.05, 0.1) is 18.0 Å². The minimum atomic E-state index is -0.908. The zero-order chi connectivity index (χ0) is 10.1. The number of nitrogens with one attached hydrogen (secondary N) is 2. The molecule has 1 aromatic heterocycles. The van der Waals surface area contributed by atoms with Crippen molar-refractivity contribution in [3.63, 3.8) is 0 Å². The third kappa shape index (κ3) is 1.59. The van der Waals surface area contributed by atoms with Crippen molar-refractivity contribution in [2.24, 2.45) is 11.8 Å². The number of carbonyl (C=O) groups is 2. The smallest absolute Gasteiger partial charge is 0.307 e. The first-order chi connectivity index (χ1) is 6.68. The van der Waals surface area contributed by atoms with E-state index in [1.54, 1.807) is 6.07 Å². The fraction of sp³-hybridized carbons (Fsp3) is 0.375. The van der Waals surface area contributed by atoms with E-state index >= 15 is 0 Å². The normalized spacial score (nSPS) is 24.3. The van der Waals surface area contributed by atoms with E-state index in [1.165, 1.54) is 6.20 Å². The molecule has 1 heterocycles. The summed E-state index contributed by atoms with van der Waals surface area (Å²) in [6.45, 7) is 0. The van der Waals surface area contributed by atoms with Crippen LogP contribution < -0.4 is 5.32 Å². The van der Waals surface area contributed by atoms with Gasteiger partial charge in [0.15, 0.2) is 0 Å². The monoisotopic (exact) mass is 195 g/mol. The summed E-state index contributed by atoms with van der Waals surface area (Å²) in [5.74, 6) is -1.59. The Balaban J connectivity index is 1.90. The van der Waals surface area contributed by atoms with Crippen LogP contribution in [-0.2, 0) is 9.59 Å².